The summed E-state index contributed by atoms with van der Waals surface area (Å²) < 4.78 is 45.1. The number of ether oxygens (including phenoxy) is 2. The Bertz CT molecular complexity index is 1890. The minimum atomic E-state index is -4.98. The van der Waals surface area contributed by atoms with Crippen LogP contribution in [0.1, 0.15) is 40.2 Å². The number of aromatic nitrogens is 2. The Balaban J connectivity index is 1.90. The van der Waals surface area contributed by atoms with Crippen LogP contribution in [-0.2, 0) is 19.7 Å². The number of benzene rings is 2. The number of carbonyl (C=O) groups is 2. The molecule has 49 heavy (non-hydrogen) atoms. The van der Waals surface area contributed by atoms with Crippen LogP contribution < -0.4 is 9.47 Å². The lowest BCUT2D eigenvalue weighted by Gasteiger charge is -2.36. The molecule has 2 atom stereocenters. The highest BCUT2D eigenvalue weighted by Crippen LogP contribution is 2.41. The van der Waals surface area contributed by atoms with Crippen molar-refractivity contribution in [2.75, 3.05) is 40.4 Å². The normalized spacial score (nSPS) is 12.9. The maximum Gasteiger partial charge on any atom is 0.317 e. The molecule has 15 nitrogen and oxygen atoms in total. The van der Waals surface area contributed by atoms with Crippen molar-refractivity contribution in [3.63, 3.8) is 0 Å². The van der Waals surface area contributed by atoms with E-state index in [0.717, 1.165) is 6.07 Å². The number of rotatable bonds is 16. The number of methoxy groups -OCH3 is 2. The average molecular weight is 697 g/mol. The Morgan fingerprint density at radius 3 is 1.59 bits per heavy atom. The van der Waals surface area contributed by atoms with E-state index in [-0.39, 0.29) is 41.4 Å². The zero-order valence-electron chi connectivity index (χ0n) is 26.8. The van der Waals surface area contributed by atoms with Gasteiger partial charge in [0, 0.05) is 42.7 Å². The van der Waals surface area contributed by atoms with Gasteiger partial charge in [-0.05, 0) is 55.0 Å². The van der Waals surface area contributed by atoms with Crippen LogP contribution in [0, 0.1) is 6.92 Å². The summed E-state index contributed by atoms with van der Waals surface area (Å²) in [5, 5.41) is 42.5. The minimum Gasteiger partial charge on any atom is -0.507 e. The van der Waals surface area contributed by atoms with Gasteiger partial charge in [0.15, 0.2) is 0 Å². The number of hydrogen-bond acceptors (Lipinski definition) is 12. The Morgan fingerprint density at radius 2 is 1.20 bits per heavy atom. The summed E-state index contributed by atoms with van der Waals surface area (Å²) in [5.74, 6) is -3.19. The van der Waals surface area contributed by atoms with E-state index in [4.69, 9.17) is 9.47 Å². The zero-order chi connectivity index (χ0) is 35.9. The molecule has 0 amide bonds. The van der Waals surface area contributed by atoms with Crippen LogP contribution in [-0.4, -0.2) is 106 Å². The highest BCUT2D eigenvalue weighted by atomic mass is 32.2. The Morgan fingerprint density at radius 1 is 0.755 bits per heavy atom. The van der Waals surface area contributed by atoms with Crippen LogP contribution in [0.15, 0.2) is 78.0 Å². The molecule has 0 fully saturated rings. The van der Waals surface area contributed by atoms with Crippen molar-refractivity contribution < 1.29 is 52.5 Å². The molecule has 0 aliphatic rings. The molecule has 260 valence electrons. The lowest BCUT2D eigenvalue weighted by molar-refractivity contribution is -0.140. The molecule has 0 aliphatic heterocycles. The van der Waals surface area contributed by atoms with E-state index >= 15 is 0 Å². The van der Waals surface area contributed by atoms with Crippen LogP contribution in [0.5, 0.6) is 23.0 Å². The molecule has 0 radical (unpaired) electrons. The molecule has 0 bridgehead atoms. The van der Waals surface area contributed by atoms with Crippen molar-refractivity contribution in [2.45, 2.75) is 23.9 Å². The van der Waals surface area contributed by atoms with Crippen molar-refractivity contribution in [1.82, 2.24) is 19.8 Å². The van der Waals surface area contributed by atoms with Crippen molar-refractivity contribution in [3.05, 3.63) is 101 Å². The Hall–Kier alpha value is -5.29. The lowest BCUT2D eigenvalue weighted by Crippen LogP contribution is -2.43. The van der Waals surface area contributed by atoms with Gasteiger partial charge in [0.1, 0.15) is 27.9 Å². The number of aryl methyl sites for hydroxylation is 1. The first kappa shape index (κ1) is 36.5. The summed E-state index contributed by atoms with van der Waals surface area (Å²) >= 11 is 0. The van der Waals surface area contributed by atoms with Gasteiger partial charge in [-0.25, -0.2) is 0 Å². The van der Waals surface area contributed by atoms with Gasteiger partial charge in [0.2, 0.25) is 0 Å². The van der Waals surface area contributed by atoms with Gasteiger partial charge in [0.05, 0.1) is 50.8 Å². The van der Waals surface area contributed by atoms with E-state index < -0.39 is 57.9 Å². The number of aliphatic carboxylic acids is 2. The average Bonchev–Trinajstić information content (AvgIpc) is 3.06. The molecule has 0 spiro atoms. The van der Waals surface area contributed by atoms with E-state index in [9.17, 15) is 43.0 Å². The molecule has 0 saturated heterocycles. The number of pyridine rings is 2. The van der Waals surface area contributed by atoms with Gasteiger partial charge in [-0.1, -0.05) is 12.1 Å². The maximum atomic E-state index is 12.3. The van der Waals surface area contributed by atoms with E-state index in [0.29, 0.717) is 17.0 Å². The summed E-state index contributed by atoms with van der Waals surface area (Å²) in [6.45, 7) is 0.0362. The van der Waals surface area contributed by atoms with E-state index in [1.54, 1.807) is 49.4 Å². The second kappa shape index (κ2) is 15.7. The van der Waals surface area contributed by atoms with Crippen LogP contribution in [0.3, 0.4) is 0 Å². The quantitative estimate of drug-likeness (QED) is 0.106. The molecular weight excluding hydrogens is 660 g/mol. The summed E-state index contributed by atoms with van der Waals surface area (Å²) in [5.41, 5.74) is 1.16. The SMILES string of the molecule is COc1cc(C)c(O)c([C@@H](c2ccccn2)N(CCN(CC(=O)O)C(c2ccccn2)c2cc(OC)cc(S(=O)(=O)O)c2O)CC(=O)O)c1. The lowest BCUT2D eigenvalue weighted by atomic mass is 9.96. The van der Waals surface area contributed by atoms with Crippen molar-refractivity contribution in [3.8, 4) is 23.0 Å². The van der Waals surface area contributed by atoms with E-state index in [1.165, 1.54) is 48.5 Å². The van der Waals surface area contributed by atoms with Crippen molar-refractivity contribution in [2.24, 2.45) is 0 Å². The van der Waals surface area contributed by atoms with Gasteiger partial charge in [0.25, 0.3) is 10.1 Å². The van der Waals surface area contributed by atoms with Gasteiger partial charge in [-0.15, -0.1) is 0 Å². The molecule has 1 unspecified atom stereocenters. The van der Waals surface area contributed by atoms with E-state index in [1.807, 2.05) is 0 Å². The van der Waals surface area contributed by atoms with Crippen LogP contribution >= 0.6 is 0 Å². The predicted octanol–water partition coefficient (Wildman–Crippen LogP) is 3.11. The highest BCUT2D eigenvalue weighted by Gasteiger charge is 2.34. The van der Waals surface area contributed by atoms with Gasteiger partial charge in [-0.3, -0.25) is 33.9 Å². The molecular formula is C33H36N4O11S. The number of hydrogen-bond donors (Lipinski definition) is 5. The van der Waals surface area contributed by atoms with Crippen LogP contribution in [0.4, 0.5) is 0 Å². The van der Waals surface area contributed by atoms with E-state index in [2.05, 4.69) is 9.97 Å². The molecule has 4 aromatic rings. The molecule has 0 saturated carbocycles. The third-order valence-corrected chi connectivity index (χ3v) is 8.60. The van der Waals surface area contributed by atoms with Crippen molar-refractivity contribution >= 4 is 22.1 Å². The van der Waals surface area contributed by atoms with Crippen LogP contribution in [0.25, 0.3) is 0 Å². The Labute approximate surface area is 282 Å². The van der Waals surface area contributed by atoms with Crippen molar-refractivity contribution in [1.29, 1.82) is 0 Å². The molecule has 2 aromatic carbocycles. The summed E-state index contributed by atoms with van der Waals surface area (Å²) in [6.07, 6.45) is 2.93. The fourth-order valence-electron chi connectivity index (χ4n) is 5.59. The van der Waals surface area contributed by atoms with Gasteiger partial charge >= 0.3 is 11.9 Å². The molecule has 2 heterocycles. The predicted molar refractivity (Wildman–Crippen MR) is 174 cm³/mol. The molecule has 4 rings (SSSR count). The number of aromatic hydroxyl groups is 2. The number of phenols is 2. The third kappa shape index (κ3) is 8.80. The second-order valence-electron chi connectivity index (χ2n) is 11.0. The monoisotopic (exact) mass is 696 g/mol. The fourth-order valence-corrected chi connectivity index (χ4v) is 6.22. The van der Waals surface area contributed by atoms with Crippen LogP contribution in [0.2, 0.25) is 0 Å². The maximum absolute atomic E-state index is 12.3. The number of phenolic OH excluding ortho intramolecular Hbond substituents is 2. The first-order valence-electron chi connectivity index (χ1n) is 14.7. The Kier molecular flexibility index (Phi) is 11.7. The number of nitrogens with zero attached hydrogens (tertiary/aromatic N) is 4. The molecule has 16 heteroatoms. The second-order valence-corrected chi connectivity index (χ2v) is 12.4. The van der Waals surface area contributed by atoms with Gasteiger partial charge in [-0.2, -0.15) is 8.42 Å². The zero-order valence-corrected chi connectivity index (χ0v) is 27.6. The minimum absolute atomic E-state index is 0.0665. The standard InChI is InChI=1S/C33H36N4O11S/c1-20-14-21(47-2)15-23(32(20)42)30(25-8-4-6-10-34-25)36(18-28(38)39)12-13-37(19-29(40)41)31(26-9-5-7-11-35-26)24-16-22(48-3)17-27(33(24)43)49(44,45)46/h4-11,14-17,30-31,42-43H,12-13,18-19H2,1-3H3,(H,38,39)(H,40,41)(H,44,45,46)/t30-,31?/m0/s1. The largest absolute Gasteiger partial charge is 0.507 e. The molecule has 5 N–H and O–H groups in total. The smallest absolute Gasteiger partial charge is 0.317 e. The number of carboxylic acid groups (broad SMARTS) is 2. The van der Waals surface area contributed by atoms with Gasteiger partial charge < -0.3 is 29.9 Å². The summed E-state index contributed by atoms with van der Waals surface area (Å²) in [6, 6.07) is 12.9. The highest BCUT2D eigenvalue weighted by molar-refractivity contribution is 7.86. The fraction of sp³-hybridized carbons (Fsp3) is 0.273. The third-order valence-electron chi connectivity index (χ3n) is 7.74. The first-order valence-corrected chi connectivity index (χ1v) is 16.2. The molecule has 0 aliphatic carbocycles. The first-order chi connectivity index (χ1) is 23.2. The number of carboxylic acids is 2. The molecule has 2 aromatic heterocycles. The summed E-state index contributed by atoms with van der Waals surface area (Å²) in [4.78, 5) is 35.4. The summed E-state index contributed by atoms with van der Waals surface area (Å²) in [7, 11) is -2.29. The topological polar surface area (TPSA) is 220 Å².